The molecule has 1 aromatic carbocycles. The number of hydrogen-bond donors (Lipinski definition) is 0. The van der Waals surface area contributed by atoms with Gasteiger partial charge < -0.3 is 0 Å². The molecule has 1 atom stereocenters. The first-order valence-electron chi connectivity index (χ1n) is 5.99. The van der Waals surface area contributed by atoms with Crippen LogP contribution in [0.3, 0.4) is 0 Å². The molecule has 0 aliphatic carbocycles. The molecule has 2 heterocycles. The molecule has 1 unspecified atom stereocenters. The Morgan fingerprint density at radius 3 is 2.19 bits per heavy atom. The van der Waals surface area contributed by atoms with Gasteiger partial charge >= 0.3 is 0 Å². The third-order valence-corrected chi connectivity index (χ3v) is 3.65. The lowest BCUT2D eigenvalue weighted by atomic mass is 10.0. The number of fused-ring (bicyclic) bond motifs is 1. The van der Waals surface area contributed by atoms with Gasteiger partial charge in [0.25, 0.3) is 5.66 Å². The van der Waals surface area contributed by atoms with E-state index >= 15 is 0 Å². The maximum atomic E-state index is 13.2. The molecule has 2 aromatic heterocycles. The molecule has 0 N–H and O–H groups in total. The molecule has 21 heavy (non-hydrogen) atoms. The van der Waals surface area contributed by atoms with Crippen LogP contribution in [0.4, 0.5) is 8.78 Å². The Hall–Kier alpha value is -1.71. The largest absolute Gasteiger partial charge is 0.283 e. The van der Waals surface area contributed by atoms with Gasteiger partial charge in [0.2, 0.25) is 0 Å². The van der Waals surface area contributed by atoms with E-state index in [-0.39, 0.29) is 10.7 Å². The van der Waals surface area contributed by atoms with Gasteiger partial charge in [0.1, 0.15) is 11.0 Å². The van der Waals surface area contributed by atoms with Crippen molar-refractivity contribution in [3.05, 3.63) is 53.6 Å². The summed E-state index contributed by atoms with van der Waals surface area (Å²) in [6.45, 7) is 0. The second-order valence-electron chi connectivity index (χ2n) is 4.42. The third kappa shape index (κ3) is 2.71. The fourth-order valence-corrected chi connectivity index (χ4v) is 2.39. The topological polar surface area (TPSA) is 38.7 Å². The molecule has 0 aliphatic heterocycles. The molecule has 0 bridgehead atoms. The highest BCUT2D eigenvalue weighted by atomic mass is 35.5. The van der Waals surface area contributed by atoms with Crippen molar-refractivity contribution in [2.75, 3.05) is 0 Å². The van der Waals surface area contributed by atoms with E-state index < -0.39 is 5.66 Å². The average Bonchev–Trinajstić information content (AvgIpc) is 2.47. The zero-order valence-corrected chi connectivity index (χ0v) is 12.5. The molecular formula is C14H9ClF2N3P. The van der Waals surface area contributed by atoms with E-state index in [0.29, 0.717) is 16.6 Å². The predicted molar refractivity (Wildman–Crippen MR) is 81.4 cm³/mol. The van der Waals surface area contributed by atoms with Crippen LogP contribution in [0.25, 0.3) is 22.2 Å². The molecule has 0 radical (unpaired) electrons. The SMILES string of the molecule is FC(F)(P)c1ccc(-c2cnc(Cl)c3nccnc23)cc1. The van der Waals surface area contributed by atoms with Crippen LogP contribution in [0.15, 0.2) is 42.9 Å². The third-order valence-electron chi connectivity index (χ3n) is 3.04. The van der Waals surface area contributed by atoms with Crippen LogP contribution >= 0.6 is 20.8 Å². The fraction of sp³-hybridized carbons (Fsp3) is 0.0714. The number of rotatable bonds is 2. The van der Waals surface area contributed by atoms with Crippen molar-refractivity contribution < 1.29 is 8.78 Å². The van der Waals surface area contributed by atoms with Gasteiger partial charge in [0.15, 0.2) is 5.15 Å². The monoisotopic (exact) mass is 323 g/mol. The van der Waals surface area contributed by atoms with E-state index in [0.717, 1.165) is 5.56 Å². The highest BCUT2D eigenvalue weighted by Crippen LogP contribution is 2.36. The number of benzene rings is 1. The van der Waals surface area contributed by atoms with Gasteiger partial charge in [-0.25, -0.2) is 9.97 Å². The van der Waals surface area contributed by atoms with Crippen LogP contribution in [0.2, 0.25) is 5.15 Å². The Labute approximate surface area is 126 Å². The van der Waals surface area contributed by atoms with Gasteiger partial charge in [-0.15, -0.1) is 0 Å². The summed E-state index contributed by atoms with van der Waals surface area (Å²) in [5.41, 5.74) is -0.532. The molecule has 0 amide bonds. The normalized spacial score (nSPS) is 11.8. The summed E-state index contributed by atoms with van der Waals surface area (Å²) < 4.78 is 26.4. The van der Waals surface area contributed by atoms with E-state index in [1.165, 1.54) is 27.6 Å². The van der Waals surface area contributed by atoms with Gasteiger partial charge in [-0.3, -0.25) is 4.98 Å². The molecule has 0 spiro atoms. The summed E-state index contributed by atoms with van der Waals surface area (Å²) >= 11 is 5.99. The van der Waals surface area contributed by atoms with Gasteiger partial charge in [0, 0.05) is 29.7 Å². The summed E-state index contributed by atoms with van der Waals surface area (Å²) in [4.78, 5) is 12.5. The number of nitrogens with zero attached hydrogens (tertiary/aromatic N) is 3. The summed E-state index contributed by atoms with van der Waals surface area (Å²) in [6, 6.07) is 5.96. The van der Waals surface area contributed by atoms with Gasteiger partial charge in [-0.1, -0.05) is 45.1 Å². The van der Waals surface area contributed by atoms with E-state index in [9.17, 15) is 8.78 Å². The zero-order valence-electron chi connectivity index (χ0n) is 10.6. The van der Waals surface area contributed by atoms with Gasteiger partial charge in [-0.2, -0.15) is 8.78 Å². The fourth-order valence-electron chi connectivity index (χ4n) is 2.01. The highest BCUT2D eigenvalue weighted by Gasteiger charge is 2.24. The molecule has 0 fully saturated rings. The molecule has 3 nitrogen and oxygen atoms in total. The Kier molecular flexibility index (Phi) is 3.56. The summed E-state index contributed by atoms with van der Waals surface area (Å²) in [5, 5.41) is 0.259. The van der Waals surface area contributed by atoms with Crippen molar-refractivity contribution in [3.63, 3.8) is 0 Å². The first-order chi connectivity index (χ1) is 9.97. The molecule has 106 valence electrons. The summed E-state index contributed by atoms with van der Waals surface area (Å²) in [6.07, 6.45) is 4.64. The lowest BCUT2D eigenvalue weighted by Crippen LogP contribution is -2.01. The van der Waals surface area contributed by atoms with E-state index in [1.807, 2.05) is 0 Å². The predicted octanol–water partition coefficient (Wildman–Crippen LogP) is 4.27. The van der Waals surface area contributed by atoms with Crippen LogP contribution in [-0.2, 0) is 5.66 Å². The molecule has 0 aliphatic rings. The standard InChI is InChI=1S/C14H9ClF2N3P/c15-13-12-11(18-5-6-19-12)10(7-20-13)8-1-3-9(4-2-8)14(16,17)21/h1-7H,21H2. The van der Waals surface area contributed by atoms with Crippen LogP contribution in [-0.4, -0.2) is 15.0 Å². The molecule has 7 heteroatoms. The van der Waals surface area contributed by atoms with Crippen molar-refractivity contribution in [2.24, 2.45) is 0 Å². The van der Waals surface area contributed by atoms with Crippen molar-refractivity contribution in [2.45, 2.75) is 5.66 Å². The number of aromatic nitrogens is 3. The lowest BCUT2D eigenvalue weighted by Gasteiger charge is -2.11. The lowest BCUT2D eigenvalue weighted by molar-refractivity contribution is 0.104. The van der Waals surface area contributed by atoms with Gasteiger partial charge in [-0.05, 0) is 5.56 Å². The molecule has 0 saturated heterocycles. The summed E-state index contributed by atoms with van der Waals surface area (Å²) in [5.74, 6) is 0. The molecular weight excluding hydrogens is 315 g/mol. The van der Waals surface area contributed by atoms with Crippen molar-refractivity contribution >= 4 is 31.9 Å². The maximum absolute atomic E-state index is 13.2. The number of pyridine rings is 1. The number of halogens is 3. The zero-order chi connectivity index (χ0) is 15.0. The first kappa shape index (κ1) is 14.2. The van der Waals surface area contributed by atoms with Crippen molar-refractivity contribution in [1.82, 2.24) is 15.0 Å². The van der Waals surface area contributed by atoms with Crippen LogP contribution in [0.1, 0.15) is 5.56 Å². The molecule has 3 aromatic rings. The Morgan fingerprint density at radius 2 is 1.57 bits per heavy atom. The Bertz CT molecular complexity index is 803. The quantitative estimate of drug-likeness (QED) is 0.522. The molecule has 3 rings (SSSR count). The second kappa shape index (κ2) is 5.24. The molecule has 0 saturated carbocycles. The maximum Gasteiger partial charge on any atom is 0.283 e. The minimum absolute atomic E-state index is 0.0754. The van der Waals surface area contributed by atoms with E-state index in [2.05, 4.69) is 15.0 Å². The highest BCUT2D eigenvalue weighted by molar-refractivity contribution is 7.17. The minimum Gasteiger partial charge on any atom is -0.252 e. The summed E-state index contributed by atoms with van der Waals surface area (Å²) in [7, 11) is 1.52. The first-order valence-corrected chi connectivity index (χ1v) is 6.95. The van der Waals surface area contributed by atoms with Crippen molar-refractivity contribution in [3.8, 4) is 11.1 Å². The van der Waals surface area contributed by atoms with Crippen molar-refractivity contribution in [1.29, 1.82) is 0 Å². The minimum atomic E-state index is -2.95. The van der Waals surface area contributed by atoms with Crippen LogP contribution in [0, 0.1) is 0 Å². The van der Waals surface area contributed by atoms with E-state index in [4.69, 9.17) is 11.6 Å². The van der Waals surface area contributed by atoms with Crippen LogP contribution < -0.4 is 0 Å². The van der Waals surface area contributed by atoms with E-state index in [1.54, 1.807) is 24.5 Å². The Balaban J connectivity index is 2.15. The average molecular weight is 324 g/mol. The smallest absolute Gasteiger partial charge is 0.252 e. The second-order valence-corrected chi connectivity index (χ2v) is 5.50. The Morgan fingerprint density at radius 1 is 0.952 bits per heavy atom. The van der Waals surface area contributed by atoms with Crippen LogP contribution in [0.5, 0.6) is 0 Å². The van der Waals surface area contributed by atoms with Gasteiger partial charge in [0.05, 0.1) is 0 Å². The number of hydrogen-bond acceptors (Lipinski definition) is 3. The number of alkyl halides is 2.